The average molecular weight is 337 g/mol. The van der Waals surface area contributed by atoms with Gasteiger partial charge in [0.05, 0.1) is 9.85 Å². The number of nitro benzene ring substituents is 1. The fourth-order valence-electron chi connectivity index (χ4n) is 2.97. The molecule has 0 saturated carbocycles. The summed E-state index contributed by atoms with van der Waals surface area (Å²) >= 11 is 0. The van der Waals surface area contributed by atoms with Crippen LogP contribution < -0.4 is 5.32 Å². The third-order valence-electron chi connectivity index (χ3n) is 4.11. The normalized spacial score (nSPS) is 15.0. The first-order valence-electron chi connectivity index (χ1n) is 7.38. The standard InChI is InChI=1S/C16H11N5O4/c22-20(23)11-7-5-10(6-8-11)16-18-13-4-2-1-3-12(13)15-14(21(24)25)9-17-19(15)16/h1-9,16,18H. The summed E-state index contributed by atoms with van der Waals surface area (Å²) in [5, 5.41) is 29.6. The Morgan fingerprint density at radius 3 is 2.40 bits per heavy atom. The van der Waals surface area contributed by atoms with E-state index in [9.17, 15) is 20.2 Å². The second-order valence-corrected chi connectivity index (χ2v) is 5.52. The average Bonchev–Trinajstić information content (AvgIpc) is 3.07. The highest BCUT2D eigenvalue weighted by molar-refractivity contribution is 5.83. The summed E-state index contributed by atoms with van der Waals surface area (Å²) in [6.07, 6.45) is 0.719. The first-order valence-corrected chi connectivity index (χ1v) is 7.38. The number of aromatic nitrogens is 2. The van der Waals surface area contributed by atoms with Crippen molar-refractivity contribution >= 4 is 17.1 Å². The Labute approximate surface area is 140 Å². The van der Waals surface area contributed by atoms with Crippen molar-refractivity contribution in [1.29, 1.82) is 0 Å². The van der Waals surface area contributed by atoms with Crippen LogP contribution in [0.3, 0.4) is 0 Å². The Morgan fingerprint density at radius 1 is 1.00 bits per heavy atom. The van der Waals surface area contributed by atoms with E-state index in [1.54, 1.807) is 24.3 Å². The predicted octanol–water partition coefficient (Wildman–Crippen LogP) is 3.34. The van der Waals surface area contributed by atoms with E-state index in [2.05, 4.69) is 10.4 Å². The predicted molar refractivity (Wildman–Crippen MR) is 89.2 cm³/mol. The molecule has 1 aromatic heterocycles. The van der Waals surface area contributed by atoms with Crippen LogP contribution in [0.2, 0.25) is 0 Å². The highest BCUT2D eigenvalue weighted by Crippen LogP contribution is 2.42. The first kappa shape index (κ1) is 14.8. The lowest BCUT2D eigenvalue weighted by molar-refractivity contribution is -0.384. The van der Waals surface area contributed by atoms with Gasteiger partial charge in [-0.25, -0.2) is 4.68 Å². The summed E-state index contributed by atoms with van der Waals surface area (Å²) in [6.45, 7) is 0. The van der Waals surface area contributed by atoms with Gasteiger partial charge in [-0.05, 0) is 23.8 Å². The van der Waals surface area contributed by atoms with Gasteiger partial charge < -0.3 is 5.32 Å². The van der Waals surface area contributed by atoms with E-state index < -0.39 is 16.0 Å². The van der Waals surface area contributed by atoms with Gasteiger partial charge >= 0.3 is 5.69 Å². The van der Waals surface area contributed by atoms with Crippen LogP contribution in [0.15, 0.2) is 54.7 Å². The molecular weight excluding hydrogens is 326 g/mol. The van der Waals surface area contributed by atoms with Gasteiger partial charge in [0.25, 0.3) is 5.69 Å². The highest BCUT2D eigenvalue weighted by atomic mass is 16.6. The van der Waals surface area contributed by atoms with E-state index in [4.69, 9.17) is 0 Å². The Hall–Kier alpha value is -3.75. The number of hydrogen-bond acceptors (Lipinski definition) is 6. The molecule has 4 rings (SSSR count). The van der Waals surface area contributed by atoms with Crippen LogP contribution in [0.25, 0.3) is 11.3 Å². The number of para-hydroxylation sites is 1. The second kappa shape index (κ2) is 5.41. The second-order valence-electron chi connectivity index (χ2n) is 5.52. The summed E-state index contributed by atoms with van der Waals surface area (Å²) in [7, 11) is 0. The number of nitro groups is 2. The Kier molecular flexibility index (Phi) is 3.21. The molecule has 0 aliphatic carbocycles. The molecular formula is C16H11N5O4. The maximum Gasteiger partial charge on any atom is 0.315 e. The topological polar surface area (TPSA) is 116 Å². The van der Waals surface area contributed by atoms with Crippen molar-refractivity contribution in [3.63, 3.8) is 0 Å². The van der Waals surface area contributed by atoms with E-state index in [0.717, 1.165) is 5.69 Å². The van der Waals surface area contributed by atoms with E-state index in [1.807, 2.05) is 12.1 Å². The lowest BCUT2D eigenvalue weighted by atomic mass is 10.0. The lowest BCUT2D eigenvalue weighted by Gasteiger charge is -2.28. The van der Waals surface area contributed by atoms with Crippen molar-refractivity contribution in [2.45, 2.75) is 6.17 Å². The molecule has 9 nitrogen and oxygen atoms in total. The number of non-ortho nitro benzene ring substituents is 1. The quantitative estimate of drug-likeness (QED) is 0.579. The van der Waals surface area contributed by atoms with Crippen molar-refractivity contribution in [3.05, 3.63) is 80.5 Å². The molecule has 0 saturated heterocycles. The molecule has 9 heteroatoms. The minimum Gasteiger partial charge on any atom is -0.359 e. The molecule has 0 radical (unpaired) electrons. The molecule has 0 fully saturated rings. The van der Waals surface area contributed by atoms with E-state index >= 15 is 0 Å². The SMILES string of the molecule is O=[N+]([O-])c1ccc(C2Nc3ccccc3-c3c([N+](=O)[O-])cnn32)cc1. The van der Waals surface area contributed by atoms with E-state index in [0.29, 0.717) is 16.8 Å². The minimum atomic E-state index is -0.501. The van der Waals surface area contributed by atoms with Gasteiger partial charge in [0, 0.05) is 23.4 Å². The van der Waals surface area contributed by atoms with Crippen LogP contribution in [0, 0.1) is 20.2 Å². The molecule has 1 aliphatic rings. The summed E-state index contributed by atoms with van der Waals surface area (Å²) in [4.78, 5) is 21.3. The monoisotopic (exact) mass is 337 g/mol. The lowest BCUT2D eigenvalue weighted by Crippen LogP contribution is -2.25. The Morgan fingerprint density at radius 2 is 1.72 bits per heavy atom. The Bertz CT molecular complexity index is 996. The van der Waals surface area contributed by atoms with Crippen molar-refractivity contribution in [3.8, 4) is 11.3 Å². The molecule has 1 atom stereocenters. The molecule has 2 aromatic carbocycles. The maximum absolute atomic E-state index is 11.4. The summed E-state index contributed by atoms with van der Waals surface area (Å²) in [6, 6.07) is 13.3. The molecule has 1 unspecified atom stereocenters. The van der Waals surface area contributed by atoms with Crippen LogP contribution in [-0.4, -0.2) is 19.6 Å². The zero-order valence-electron chi connectivity index (χ0n) is 12.7. The van der Waals surface area contributed by atoms with E-state index in [-0.39, 0.29) is 11.4 Å². The van der Waals surface area contributed by atoms with Gasteiger partial charge in [0.1, 0.15) is 12.4 Å². The number of nitrogens with one attached hydrogen (secondary N) is 1. The molecule has 124 valence electrons. The summed E-state index contributed by atoms with van der Waals surface area (Å²) in [5.41, 5.74) is 2.43. The van der Waals surface area contributed by atoms with E-state index in [1.165, 1.54) is 23.0 Å². The number of rotatable bonds is 3. The third kappa shape index (κ3) is 2.29. The van der Waals surface area contributed by atoms with Gasteiger partial charge in [-0.1, -0.05) is 18.2 Å². The van der Waals surface area contributed by atoms with Crippen LogP contribution in [0.5, 0.6) is 0 Å². The number of fused-ring (bicyclic) bond motifs is 3. The van der Waals surface area contributed by atoms with Gasteiger partial charge in [-0.2, -0.15) is 5.10 Å². The molecule has 1 aliphatic heterocycles. The van der Waals surface area contributed by atoms with Crippen molar-refractivity contribution in [1.82, 2.24) is 9.78 Å². The van der Waals surface area contributed by atoms with Gasteiger partial charge in [0.15, 0.2) is 5.69 Å². The summed E-state index contributed by atoms with van der Waals surface area (Å²) < 4.78 is 1.53. The molecule has 25 heavy (non-hydrogen) atoms. The van der Waals surface area contributed by atoms with Gasteiger partial charge in [-0.3, -0.25) is 20.2 Å². The zero-order chi connectivity index (χ0) is 17.6. The Balaban J connectivity index is 1.87. The fraction of sp³-hybridized carbons (Fsp3) is 0.0625. The first-order chi connectivity index (χ1) is 12.1. The largest absolute Gasteiger partial charge is 0.359 e. The number of nitrogens with zero attached hydrogens (tertiary/aromatic N) is 4. The fourth-order valence-corrected chi connectivity index (χ4v) is 2.97. The molecule has 1 N–H and O–H groups in total. The molecule has 0 bridgehead atoms. The van der Waals surface area contributed by atoms with Crippen LogP contribution in [0.4, 0.5) is 17.1 Å². The van der Waals surface area contributed by atoms with Crippen molar-refractivity contribution < 1.29 is 9.85 Å². The van der Waals surface area contributed by atoms with Crippen LogP contribution in [0.1, 0.15) is 11.7 Å². The third-order valence-corrected chi connectivity index (χ3v) is 4.11. The van der Waals surface area contributed by atoms with Crippen LogP contribution in [-0.2, 0) is 0 Å². The molecule has 2 heterocycles. The molecule has 3 aromatic rings. The molecule has 0 amide bonds. The maximum atomic E-state index is 11.4. The van der Waals surface area contributed by atoms with Crippen molar-refractivity contribution in [2.24, 2.45) is 0 Å². The molecule has 0 spiro atoms. The van der Waals surface area contributed by atoms with Crippen LogP contribution >= 0.6 is 0 Å². The number of benzene rings is 2. The zero-order valence-corrected chi connectivity index (χ0v) is 12.7. The number of anilines is 1. The summed E-state index contributed by atoms with van der Waals surface area (Å²) in [5.74, 6) is 0. The highest BCUT2D eigenvalue weighted by Gasteiger charge is 2.32. The van der Waals surface area contributed by atoms with Crippen molar-refractivity contribution in [2.75, 3.05) is 5.32 Å². The number of hydrogen-bond donors (Lipinski definition) is 1. The smallest absolute Gasteiger partial charge is 0.315 e. The van der Waals surface area contributed by atoms with Gasteiger partial charge in [0.2, 0.25) is 0 Å². The van der Waals surface area contributed by atoms with Gasteiger partial charge in [-0.15, -0.1) is 0 Å². The minimum absolute atomic E-state index is 0.0216.